The molecule has 1 aromatic carbocycles. The van der Waals surface area contributed by atoms with Crippen LogP contribution in [0.4, 0.5) is 4.39 Å². The predicted octanol–water partition coefficient (Wildman–Crippen LogP) is 3.19. The van der Waals surface area contributed by atoms with Gasteiger partial charge in [0.05, 0.1) is 18.7 Å². The second kappa shape index (κ2) is 8.55. The van der Waals surface area contributed by atoms with Gasteiger partial charge >= 0.3 is 0 Å². The number of thioether (sulfide) groups is 1. The third kappa shape index (κ3) is 4.78. The number of halogens is 1. The average Bonchev–Trinajstić information content (AvgIpc) is 3.33. The number of nitriles is 1. The van der Waals surface area contributed by atoms with E-state index < -0.39 is 0 Å². The highest BCUT2D eigenvalue weighted by Crippen LogP contribution is 2.30. The summed E-state index contributed by atoms with van der Waals surface area (Å²) in [5.41, 5.74) is 1.12. The molecule has 0 spiro atoms. The zero-order chi connectivity index (χ0) is 18.6. The number of hydrogen-bond acceptors (Lipinski definition) is 5. The van der Waals surface area contributed by atoms with Gasteiger partial charge in [-0.2, -0.15) is 5.26 Å². The Morgan fingerprint density at radius 1 is 1.19 bits per heavy atom. The zero-order valence-corrected chi connectivity index (χ0v) is 16.2. The van der Waals surface area contributed by atoms with Crippen molar-refractivity contribution in [3.8, 4) is 6.07 Å². The van der Waals surface area contributed by atoms with Gasteiger partial charge in [-0.05, 0) is 43.4 Å². The van der Waals surface area contributed by atoms with Crippen LogP contribution in [-0.2, 0) is 13.1 Å². The minimum Gasteiger partial charge on any atom is -0.310 e. The molecule has 4 rings (SSSR count). The van der Waals surface area contributed by atoms with Gasteiger partial charge in [-0.3, -0.25) is 9.53 Å². The molecule has 0 radical (unpaired) electrons. The molecule has 0 amide bonds. The van der Waals surface area contributed by atoms with E-state index in [1.165, 1.54) is 12.1 Å². The minimum atomic E-state index is -0.186. The van der Waals surface area contributed by atoms with Crippen LogP contribution in [0, 0.1) is 17.1 Å². The molecule has 6 nitrogen and oxygen atoms in total. The second-order valence-corrected chi connectivity index (χ2v) is 8.43. The highest BCUT2D eigenvalue weighted by molar-refractivity contribution is 7.99. The summed E-state index contributed by atoms with van der Waals surface area (Å²) in [6.07, 6.45) is 4.47. The van der Waals surface area contributed by atoms with Gasteiger partial charge in [0.25, 0.3) is 0 Å². The SMILES string of the molecule is N#CC1CSCN1CCn1on1C1CCC(NCc2ccc(F)cc2)CC1. The van der Waals surface area contributed by atoms with Gasteiger partial charge in [0.1, 0.15) is 11.9 Å². The van der Waals surface area contributed by atoms with Crippen molar-refractivity contribution in [1.29, 1.82) is 5.26 Å². The van der Waals surface area contributed by atoms with Crippen LogP contribution in [0.5, 0.6) is 0 Å². The van der Waals surface area contributed by atoms with E-state index in [-0.39, 0.29) is 11.9 Å². The monoisotopic (exact) mass is 391 g/mol. The molecular weight excluding hydrogens is 365 g/mol. The van der Waals surface area contributed by atoms with Crippen LogP contribution in [0.2, 0.25) is 0 Å². The molecule has 1 aromatic heterocycles. The van der Waals surface area contributed by atoms with Gasteiger partial charge in [0.15, 0.2) is 0 Å². The van der Waals surface area contributed by atoms with Crippen molar-refractivity contribution in [1.82, 2.24) is 19.9 Å². The summed E-state index contributed by atoms with van der Waals surface area (Å²) in [6.45, 7) is 2.48. The molecule has 1 unspecified atom stereocenters. The lowest BCUT2D eigenvalue weighted by Crippen LogP contribution is -2.33. The first-order valence-corrected chi connectivity index (χ1v) is 10.8. The largest absolute Gasteiger partial charge is 0.310 e. The third-order valence-corrected chi connectivity index (χ3v) is 6.66. The molecule has 8 heteroatoms. The molecule has 1 aliphatic carbocycles. The van der Waals surface area contributed by atoms with E-state index in [0.29, 0.717) is 12.1 Å². The molecule has 146 valence electrons. The quantitative estimate of drug-likeness (QED) is 0.785. The number of rotatable bonds is 7. The molecule has 2 aliphatic rings. The van der Waals surface area contributed by atoms with Crippen LogP contribution in [0.3, 0.4) is 0 Å². The summed E-state index contributed by atoms with van der Waals surface area (Å²) in [7, 11) is 0. The minimum absolute atomic E-state index is 0.0472. The Labute approximate surface area is 163 Å². The molecule has 0 bridgehead atoms. The average molecular weight is 392 g/mol. The molecule has 1 N–H and O–H groups in total. The number of hydrogen-bond donors (Lipinski definition) is 1. The zero-order valence-electron chi connectivity index (χ0n) is 15.4. The van der Waals surface area contributed by atoms with E-state index in [1.54, 1.807) is 0 Å². The van der Waals surface area contributed by atoms with E-state index in [9.17, 15) is 4.39 Å². The van der Waals surface area contributed by atoms with Crippen molar-refractivity contribution >= 4 is 11.8 Å². The summed E-state index contributed by atoms with van der Waals surface area (Å²) in [5, 5.41) is 12.7. The molecule has 1 saturated carbocycles. The summed E-state index contributed by atoms with van der Waals surface area (Å²) in [5.74, 6) is 1.67. The van der Waals surface area contributed by atoms with Crippen molar-refractivity contribution < 1.29 is 9.02 Å². The topological polar surface area (TPSA) is 62.1 Å². The standard InChI is InChI=1S/C19H26FN5OS/c20-16-3-1-15(2-4-16)12-22-17-5-7-18(8-6-17)25-24(26-25)10-9-23-14-27-13-19(23)11-21/h1-4,17-19,22H,5-10,12-14H2. The van der Waals surface area contributed by atoms with Crippen LogP contribution >= 0.6 is 11.8 Å². The van der Waals surface area contributed by atoms with E-state index >= 15 is 0 Å². The molecule has 27 heavy (non-hydrogen) atoms. The van der Waals surface area contributed by atoms with Gasteiger partial charge < -0.3 is 5.32 Å². The summed E-state index contributed by atoms with van der Waals surface area (Å²) >= 11 is 1.82. The van der Waals surface area contributed by atoms with Crippen molar-refractivity contribution in [2.45, 2.75) is 56.9 Å². The first kappa shape index (κ1) is 18.7. The molecular formula is C19H26FN5OS. The van der Waals surface area contributed by atoms with Gasteiger partial charge in [0.2, 0.25) is 0 Å². The van der Waals surface area contributed by atoms with Crippen LogP contribution < -0.4 is 5.32 Å². The molecule has 2 aromatic rings. The van der Waals surface area contributed by atoms with Gasteiger partial charge in [-0.15, -0.1) is 11.8 Å². The van der Waals surface area contributed by atoms with Crippen molar-refractivity contribution in [2.75, 3.05) is 18.2 Å². The van der Waals surface area contributed by atoms with Crippen LogP contribution in [0.1, 0.15) is 37.3 Å². The van der Waals surface area contributed by atoms with Gasteiger partial charge in [-0.25, -0.2) is 4.39 Å². The van der Waals surface area contributed by atoms with E-state index in [0.717, 1.165) is 62.5 Å². The first-order valence-electron chi connectivity index (χ1n) is 9.67. The van der Waals surface area contributed by atoms with E-state index in [1.807, 2.05) is 33.6 Å². The number of aromatic nitrogens is 2. The lowest BCUT2D eigenvalue weighted by molar-refractivity contribution is 0.249. The van der Waals surface area contributed by atoms with Gasteiger partial charge in [0, 0.05) is 30.8 Å². The summed E-state index contributed by atoms with van der Waals surface area (Å²) in [4.78, 5) is 6.18. The maximum absolute atomic E-state index is 13.0. The maximum atomic E-state index is 13.0. The Bertz CT molecular complexity index is 753. The fraction of sp³-hybridized carbons (Fsp3) is 0.632. The fourth-order valence-corrected chi connectivity index (χ4v) is 5.02. The lowest BCUT2D eigenvalue weighted by Gasteiger charge is -2.26. The summed E-state index contributed by atoms with van der Waals surface area (Å²) < 4.78 is 18.6. The number of benzene rings is 1. The second-order valence-electron chi connectivity index (χ2n) is 7.43. The normalized spacial score (nSPS) is 26.4. The molecule has 1 aliphatic heterocycles. The first-order chi connectivity index (χ1) is 13.2. The lowest BCUT2D eigenvalue weighted by atomic mass is 9.91. The Hall–Kier alpha value is -1.69. The third-order valence-electron chi connectivity index (χ3n) is 5.59. The fourth-order valence-electron chi connectivity index (χ4n) is 3.86. The van der Waals surface area contributed by atoms with Crippen LogP contribution in [-0.4, -0.2) is 44.9 Å². The number of nitrogens with one attached hydrogen (secondary N) is 1. The summed E-state index contributed by atoms with van der Waals surface area (Å²) in [6, 6.07) is 10.1. The molecule has 2 heterocycles. The molecule has 2 fully saturated rings. The smallest absolute Gasteiger partial charge is 0.123 e. The Balaban J connectivity index is 1.16. The van der Waals surface area contributed by atoms with E-state index in [4.69, 9.17) is 9.89 Å². The molecule has 1 saturated heterocycles. The Kier molecular flexibility index (Phi) is 5.91. The van der Waals surface area contributed by atoms with Crippen molar-refractivity contribution in [2.24, 2.45) is 0 Å². The Morgan fingerprint density at radius 3 is 2.70 bits per heavy atom. The number of nitrogens with zero attached hydrogens (tertiary/aromatic N) is 4. The maximum Gasteiger partial charge on any atom is 0.123 e. The van der Waals surface area contributed by atoms with E-state index in [2.05, 4.69) is 16.3 Å². The van der Waals surface area contributed by atoms with Crippen LogP contribution in [0.15, 0.2) is 28.9 Å². The molecule has 1 atom stereocenters. The van der Waals surface area contributed by atoms with Crippen molar-refractivity contribution in [3.05, 3.63) is 35.6 Å². The van der Waals surface area contributed by atoms with Gasteiger partial charge in [-0.1, -0.05) is 21.8 Å². The highest BCUT2D eigenvalue weighted by atomic mass is 32.2. The predicted molar refractivity (Wildman–Crippen MR) is 103 cm³/mol. The van der Waals surface area contributed by atoms with Crippen molar-refractivity contribution in [3.63, 3.8) is 0 Å². The Morgan fingerprint density at radius 2 is 1.96 bits per heavy atom. The van der Waals surface area contributed by atoms with Crippen LogP contribution in [0.25, 0.3) is 0 Å². The highest BCUT2D eigenvalue weighted by Gasteiger charge is 2.30.